The average Bonchev–Trinajstić information content (AvgIpc) is 2.96. The van der Waals surface area contributed by atoms with Crippen molar-refractivity contribution in [2.24, 2.45) is 0 Å². The zero-order valence-corrected chi connectivity index (χ0v) is 13.5. The zero-order chi connectivity index (χ0) is 15.1. The van der Waals surface area contributed by atoms with E-state index in [0.717, 1.165) is 32.8 Å². The number of hydrogen-bond acceptors (Lipinski definition) is 4. The first-order chi connectivity index (χ1) is 10.2. The molecular formula is C17H28N2O2. The molecule has 0 amide bonds. The number of likely N-dealkylation sites (N-methyl/N-ethyl adjacent to an activating group) is 1. The second kappa shape index (κ2) is 8.37. The first-order valence-corrected chi connectivity index (χ1v) is 7.82. The maximum Gasteiger partial charge on any atom is 0.0750 e. The number of nitrogens with one attached hydrogen (secondary N) is 1. The fourth-order valence-corrected chi connectivity index (χ4v) is 2.82. The lowest BCUT2D eigenvalue weighted by molar-refractivity contribution is 0.116. The van der Waals surface area contributed by atoms with Crippen LogP contribution in [-0.4, -0.2) is 46.6 Å². The van der Waals surface area contributed by atoms with Crippen LogP contribution in [-0.2, 0) is 16.0 Å². The molecule has 0 spiro atoms. The van der Waals surface area contributed by atoms with E-state index in [4.69, 9.17) is 9.47 Å². The molecule has 118 valence electrons. The van der Waals surface area contributed by atoms with Gasteiger partial charge in [0, 0.05) is 46.1 Å². The molecule has 1 heterocycles. The summed E-state index contributed by atoms with van der Waals surface area (Å²) in [4.78, 5) is 2.32. The monoisotopic (exact) mass is 292 g/mol. The molecule has 1 fully saturated rings. The van der Waals surface area contributed by atoms with E-state index >= 15 is 0 Å². The molecule has 21 heavy (non-hydrogen) atoms. The van der Waals surface area contributed by atoms with Gasteiger partial charge in [-0.05, 0) is 31.4 Å². The van der Waals surface area contributed by atoms with Crippen LogP contribution < -0.4 is 10.2 Å². The predicted octanol–water partition coefficient (Wildman–Crippen LogP) is 2.35. The highest BCUT2D eigenvalue weighted by molar-refractivity contribution is 5.54. The summed E-state index contributed by atoms with van der Waals surface area (Å²) < 4.78 is 10.8. The van der Waals surface area contributed by atoms with Crippen LogP contribution in [0.3, 0.4) is 0 Å². The minimum absolute atomic E-state index is 0.380. The Hall–Kier alpha value is -1.10. The molecule has 1 N–H and O–H groups in total. The van der Waals surface area contributed by atoms with E-state index < -0.39 is 0 Å². The largest absolute Gasteiger partial charge is 0.383 e. The van der Waals surface area contributed by atoms with E-state index in [0.29, 0.717) is 6.10 Å². The van der Waals surface area contributed by atoms with Gasteiger partial charge in [0.05, 0.1) is 12.7 Å². The summed E-state index contributed by atoms with van der Waals surface area (Å²) in [6.45, 7) is 6.51. The Morgan fingerprint density at radius 3 is 3.00 bits per heavy atom. The van der Waals surface area contributed by atoms with Crippen molar-refractivity contribution in [3.05, 3.63) is 29.3 Å². The van der Waals surface area contributed by atoms with Crippen molar-refractivity contribution in [1.82, 2.24) is 5.32 Å². The third kappa shape index (κ3) is 4.99. The number of ether oxygens (including phenoxy) is 2. The molecule has 1 unspecified atom stereocenters. The topological polar surface area (TPSA) is 33.7 Å². The lowest BCUT2D eigenvalue weighted by atomic mass is 10.1. The van der Waals surface area contributed by atoms with Gasteiger partial charge in [-0.2, -0.15) is 0 Å². The van der Waals surface area contributed by atoms with E-state index in [1.165, 1.54) is 29.7 Å². The Morgan fingerprint density at radius 1 is 1.43 bits per heavy atom. The number of hydrogen-bond donors (Lipinski definition) is 1. The first-order valence-electron chi connectivity index (χ1n) is 7.82. The Labute approximate surface area is 128 Å². The first kappa shape index (κ1) is 16.3. The summed E-state index contributed by atoms with van der Waals surface area (Å²) in [5, 5.41) is 3.44. The van der Waals surface area contributed by atoms with Crippen LogP contribution in [0.4, 0.5) is 5.69 Å². The molecule has 1 atom stereocenters. The highest BCUT2D eigenvalue weighted by Crippen LogP contribution is 2.23. The van der Waals surface area contributed by atoms with Crippen molar-refractivity contribution in [2.45, 2.75) is 32.4 Å². The smallest absolute Gasteiger partial charge is 0.0750 e. The van der Waals surface area contributed by atoms with Crippen LogP contribution in [0.5, 0.6) is 0 Å². The van der Waals surface area contributed by atoms with Crippen LogP contribution in [0.2, 0.25) is 0 Å². The number of aryl methyl sites for hydroxylation is 1. The van der Waals surface area contributed by atoms with Gasteiger partial charge in [-0.1, -0.05) is 17.7 Å². The standard InChI is InChI=1S/C17H28N2O2/c1-14-6-7-17(15(11-14)12-18-8-10-20-3)19(2)13-16-5-4-9-21-16/h6-7,11,16,18H,4-5,8-10,12-13H2,1-3H3. The zero-order valence-electron chi connectivity index (χ0n) is 13.5. The Bertz CT molecular complexity index is 431. The molecular weight excluding hydrogens is 264 g/mol. The molecule has 4 heteroatoms. The molecule has 1 saturated heterocycles. The molecule has 1 aliphatic heterocycles. The number of benzene rings is 1. The molecule has 1 aromatic carbocycles. The van der Waals surface area contributed by atoms with Gasteiger partial charge in [0.2, 0.25) is 0 Å². The Morgan fingerprint density at radius 2 is 2.29 bits per heavy atom. The van der Waals surface area contributed by atoms with Crippen LogP contribution in [0, 0.1) is 6.92 Å². The maximum atomic E-state index is 5.75. The third-order valence-electron chi connectivity index (χ3n) is 3.95. The fraction of sp³-hybridized carbons (Fsp3) is 0.647. The van der Waals surface area contributed by atoms with Gasteiger partial charge < -0.3 is 19.7 Å². The Balaban J connectivity index is 1.98. The highest BCUT2D eigenvalue weighted by atomic mass is 16.5. The van der Waals surface area contributed by atoms with Crippen LogP contribution in [0.1, 0.15) is 24.0 Å². The summed E-state index contributed by atoms with van der Waals surface area (Å²) in [5.74, 6) is 0. The highest BCUT2D eigenvalue weighted by Gasteiger charge is 2.18. The predicted molar refractivity (Wildman–Crippen MR) is 87.0 cm³/mol. The number of methoxy groups -OCH3 is 1. The van der Waals surface area contributed by atoms with Gasteiger partial charge in [0.25, 0.3) is 0 Å². The van der Waals surface area contributed by atoms with Crippen LogP contribution in [0.25, 0.3) is 0 Å². The van der Waals surface area contributed by atoms with Crippen molar-refractivity contribution in [1.29, 1.82) is 0 Å². The molecule has 0 aliphatic carbocycles. The van der Waals surface area contributed by atoms with Crippen LogP contribution in [0.15, 0.2) is 18.2 Å². The quantitative estimate of drug-likeness (QED) is 0.746. The van der Waals surface area contributed by atoms with E-state index in [1.807, 2.05) is 0 Å². The lowest BCUT2D eigenvalue weighted by Crippen LogP contribution is -2.30. The SMILES string of the molecule is COCCNCc1cc(C)ccc1N(C)CC1CCCO1. The molecule has 1 aromatic rings. The van der Waals surface area contributed by atoms with E-state index in [2.05, 4.69) is 42.4 Å². The van der Waals surface area contributed by atoms with Gasteiger partial charge in [-0.15, -0.1) is 0 Å². The number of rotatable bonds is 8. The summed E-state index contributed by atoms with van der Waals surface area (Å²) in [7, 11) is 3.89. The molecule has 0 saturated carbocycles. The average molecular weight is 292 g/mol. The minimum Gasteiger partial charge on any atom is -0.383 e. The van der Waals surface area contributed by atoms with Gasteiger partial charge >= 0.3 is 0 Å². The van der Waals surface area contributed by atoms with Crippen molar-refractivity contribution in [3.63, 3.8) is 0 Å². The molecule has 2 rings (SSSR count). The van der Waals surface area contributed by atoms with Crippen LogP contribution >= 0.6 is 0 Å². The summed E-state index contributed by atoms with van der Waals surface area (Å²) >= 11 is 0. The maximum absolute atomic E-state index is 5.75. The number of anilines is 1. The van der Waals surface area contributed by atoms with E-state index in [1.54, 1.807) is 7.11 Å². The fourth-order valence-electron chi connectivity index (χ4n) is 2.82. The second-order valence-corrected chi connectivity index (χ2v) is 5.82. The normalized spacial score (nSPS) is 18.1. The summed E-state index contributed by atoms with van der Waals surface area (Å²) in [6, 6.07) is 6.67. The second-order valence-electron chi connectivity index (χ2n) is 5.82. The van der Waals surface area contributed by atoms with E-state index in [-0.39, 0.29) is 0 Å². The van der Waals surface area contributed by atoms with Gasteiger partial charge in [0.15, 0.2) is 0 Å². The third-order valence-corrected chi connectivity index (χ3v) is 3.95. The van der Waals surface area contributed by atoms with Gasteiger partial charge in [-0.3, -0.25) is 0 Å². The molecule has 0 aromatic heterocycles. The Kier molecular flexibility index (Phi) is 6.49. The van der Waals surface area contributed by atoms with Crippen molar-refractivity contribution >= 4 is 5.69 Å². The lowest BCUT2D eigenvalue weighted by Gasteiger charge is -2.25. The van der Waals surface area contributed by atoms with Crippen molar-refractivity contribution < 1.29 is 9.47 Å². The molecule has 0 radical (unpaired) electrons. The molecule has 1 aliphatic rings. The number of nitrogens with zero attached hydrogens (tertiary/aromatic N) is 1. The van der Waals surface area contributed by atoms with Crippen molar-refractivity contribution in [2.75, 3.05) is 45.4 Å². The molecule has 4 nitrogen and oxygen atoms in total. The minimum atomic E-state index is 0.380. The summed E-state index contributed by atoms with van der Waals surface area (Å²) in [6.07, 6.45) is 2.75. The summed E-state index contributed by atoms with van der Waals surface area (Å²) in [5.41, 5.74) is 3.93. The molecule has 0 bridgehead atoms. The van der Waals surface area contributed by atoms with Gasteiger partial charge in [0.1, 0.15) is 0 Å². The van der Waals surface area contributed by atoms with E-state index in [9.17, 15) is 0 Å². The van der Waals surface area contributed by atoms with Gasteiger partial charge in [-0.25, -0.2) is 0 Å². The van der Waals surface area contributed by atoms with Crippen molar-refractivity contribution in [3.8, 4) is 0 Å².